The van der Waals surface area contributed by atoms with Crippen molar-refractivity contribution in [1.29, 1.82) is 5.26 Å². The third-order valence-corrected chi connectivity index (χ3v) is 3.21. The highest BCUT2D eigenvalue weighted by Gasteiger charge is 2.08. The van der Waals surface area contributed by atoms with Crippen LogP contribution < -0.4 is 10.6 Å². The Hall–Kier alpha value is -2.88. The summed E-state index contributed by atoms with van der Waals surface area (Å²) in [5.74, 6) is -1.71. The van der Waals surface area contributed by atoms with Crippen LogP contribution in [0.25, 0.3) is 0 Å². The fourth-order valence-corrected chi connectivity index (χ4v) is 1.93. The minimum atomic E-state index is -0.838. The van der Waals surface area contributed by atoms with Crippen molar-refractivity contribution in [2.45, 2.75) is 32.2 Å². The number of halogens is 1. The summed E-state index contributed by atoms with van der Waals surface area (Å²) in [4.78, 5) is 22.2. The van der Waals surface area contributed by atoms with Crippen LogP contribution in [0.5, 0.6) is 0 Å². The fraction of sp³-hybridized carbons (Fsp3) is 0.353. The number of amides is 1. The second-order valence-electron chi connectivity index (χ2n) is 5.10. The molecule has 0 aliphatic rings. The minimum absolute atomic E-state index is 0.100. The predicted molar refractivity (Wildman–Crippen MR) is 86.0 cm³/mol. The number of unbranched alkanes of at least 4 members (excludes halogenated alkanes) is 2. The average molecular weight is 333 g/mol. The highest BCUT2D eigenvalue weighted by Crippen LogP contribution is 2.05. The molecule has 128 valence electrons. The van der Waals surface area contributed by atoms with Crippen molar-refractivity contribution in [3.63, 3.8) is 0 Å². The second kappa shape index (κ2) is 10.8. The van der Waals surface area contributed by atoms with Crippen molar-refractivity contribution in [3.05, 3.63) is 47.4 Å². The van der Waals surface area contributed by atoms with Crippen LogP contribution in [0.2, 0.25) is 0 Å². The standard InChI is InChI=1S/C17H20FN3O3/c18-15-7-4-3-6-13(15)11-20-12-14(10-19)17(24)21-9-5-1-2-8-16(22)23/h3-4,6-7,12,20H,1-2,5,8-9,11H2,(H,21,24)(H,22,23)/b14-12-. The van der Waals surface area contributed by atoms with Gasteiger partial charge in [0.05, 0.1) is 0 Å². The monoisotopic (exact) mass is 333 g/mol. The van der Waals surface area contributed by atoms with Crippen LogP contribution in [0.1, 0.15) is 31.2 Å². The lowest BCUT2D eigenvalue weighted by Crippen LogP contribution is -2.26. The van der Waals surface area contributed by atoms with Crippen LogP contribution in [0.4, 0.5) is 4.39 Å². The van der Waals surface area contributed by atoms with Gasteiger partial charge in [0.1, 0.15) is 17.5 Å². The average Bonchev–Trinajstić information content (AvgIpc) is 2.56. The third kappa shape index (κ3) is 7.40. The summed E-state index contributed by atoms with van der Waals surface area (Å²) in [6, 6.07) is 8.01. The largest absolute Gasteiger partial charge is 0.481 e. The van der Waals surface area contributed by atoms with E-state index in [1.165, 1.54) is 12.3 Å². The molecule has 0 saturated carbocycles. The number of nitrogens with one attached hydrogen (secondary N) is 2. The molecule has 0 radical (unpaired) electrons. The summed E-state index contributed by atoms with van der Waals surface area (Å²) in [6.07, 6.45) is 3.24. The maximum atomic E-state index is 13.4. The number of carboxylic acid groups (broad SMARTS) is 1. The number of hydrogen-bond acceptors (Lipinski definition) is 4. The molecule has 6 nitrogen and oxygen atoms in total. The van der Waals surface area contributed by atoms with Crippen molar-refractivity contribution >= 4 is 11.9 Å². The van der Waals surface area contributed by atoms with Crippen molar-refractivity contribution in [1.82, 2.24) is 10.6 Å². The Morgan fingerprint density at radius 3 is 2.67 bits per heavy atom. The Morgan fingerprint density at radius 1 is 1.25 bits per heavy atom. The van der Waals surface area contributed by atoms with Gasteiger partial charge in [-0.15, -0.1) is 0 Å². The molecular weight excluding hydrogens is 313 g/mol. The second-order valence-corrected chi connectivity index (χ2v) is 5.10. The molecule has 1 amide bonds. The van der Waals surface area contributed by atoms with Gasteiger partial charge in [0.15, 0.2) is 0 Å². The van der Waals surface area contributed by atoms with Gasteiger partial charge in [0.2, 0.25) is 0 Å². The Morgan fingerprint density at radius 2 is 2.00 bits per heavy atom. The van der Waals surface area contributed by atoms with Gasteiger partial charge in [0.25, 0.3) is 5.91 Å². The highest BCUT2D eigenvalue weighted by molar-refractivity contribution is 5.97. The quantitative estimate of drug-likeness (QED) is 0.346. The zero-order valence-electron chi connectivity index (χ0n) is 13.2. The lowest BCUT2D eigenvalue weighted by Gasteiger charge is -2.06. The van der Waals surface area contributed by atoms with Gasteiger partial charge in [-0.25, -0.2) is 4.39 Å². The Balaban J connectivity index is 2.34. The predicted octanol–water partition coefficient (Wildman–Crippen LogP) is 2.08. The Kier molecular flexibility index (Phi) is 8.61. The Bertz CT molecular complexity index is 638. The van der Waals surface area contributed by atoms with E-state index < -0.39 is 11.9 Å². The van der Waals surface area contributed by atoms with Gasteiger partial charge in [-0.2, -0.15) is 5.26 Å². The number of benzene rings is 1. The van der Waals surface area contributed by atoms with Crippen LogP contribution >= 0.6 is 0 Å². The SMILES string of the molecule is N#C/C(=C/NCc1ccccc1F)C(=O)NCCCCCC(=O)O. The number of carbonyl (C=O) groups excluding carboxylic acids is 1. The number of aliphatic carboxylic acids is 1. The maximum Gasteiger partial charge on any atom is 0.303 e. The van der Waals surface area contributed by atoms with Gasteiger partial charge in [-0.1, -0.05) is 24.6 Å². The lowest BCUT2D eigenvalue weighted by molar-refractivity contribution is -0.137. The Labute approximate surface area is 140 Å². The van der Waals surface area contributed by atoms with Gasteiger partial charge in [-0.3, -0.25) is 9.59 Å². The van der Waals surface area contributed by atoms with Gasteiger partial charge < -0.3 is 15.7 Å². The van der Waals surface area contributed by atoms with E-state index in [2.05, 4.69) is 10.6 Å². The summed E-state index contributed by atoms with van der Waals surface area (Å²) in [5.41, 5.74) is 0.335. The molecule has 1 aromatic carbocycles. The van der Waals surface area contributed by atoms with Crippen LogP contribution in [0.15, 0.2) is 36.0 Å². The van der Waals surface area contributed by atoms with E-state index in [1.54, 1.807) is 24.3 Å². The van der Waals surface area contributed by atoms with Gasteiger partial charge in [0, 0.05) is 31.3 Å². The molecule has 0 aliphatic heterocycles. The van der Waals surface area contributed by atoms with Crippen molar-refractivity contribution in [3.8, 4) is 6.07 Å². The minimum Gasteiger partial charge on any atom is -0.481 e. The van der Waals surface area contributed by atoms with E-state index in [9.17, 15) is 14.0 Å². The number of carbonyl (C=O) groups is 2. The number of nitrogens with zero attached hydrogens (tertiary/aromatic N) is 1. The molecule has 0 spiro atoms. The molecule has 0 aliphatic carbocycles. The van der Waals surface area contributed by atoms with Crippen molar-refractivity contribution in [2.24, 2.45) is 0 Å². The van der Waals surface area contributed by atoms with E-state index in [1.807, 2.05) is 0 Å². The smallest absolute Gasteiger partial charge is 0.303 e. The van der Waals surface area contributed by atoms with E-state index in [-0.39, 0.29) is 24.4 Å². The molecule has 0 atom stereocenters. The van der Waals surface area contributed by atoms with Crippen molar-refractivity contribution < 1.29 is 19.1 Å². The van der Waals surface area contributed by atoms with E-state index in [0.717, 1.165) is 0 Å². The van der Waals surface area contributed by atoms with Crippen LogP contribution in [-0.2, 0) is 16.1 Å². The van der Waals surface area contributed by atoms with Crippen molar-refractivity contribution in [2.75, 3.05) is 6.54 Å². The fourth-order valence-electron chi connectivity index (χ4n) is 1.93. The lowest BCUT2D eigenvalue weighted by atomic mass is 10.2. The molecule has 0 unspecified atom stereocenters. The van der Waals surface area contributed by atoms with Crippen LogP contribution in [-0.4, -0.2) is 23.5 Å². The summed E-state index contributed by atoms with van der Waals surface area (Å²) < 4.78 is 13.4. The van der Waals surface area contributed by atoms with Gasteiger partial charge >= 0.3 is 5.97 Å². The first-order chi connectivity index (χ1) is 11.5. The van der Waals surface area contributed by atoms with E-state index in [0.29, 0.717) is 31.4 Å². The first-order valence-corrected chi connectivity index (χ1v) is 7.61. The molecule has 0 aromatic heterocycles. The zero-order valence-corrected chi connectivity index (χ0v) is 13.2. The van der Waals surface area contributed by atoms with E-state index in [4.69, 9.17) is 10.4 Å². The van der Waals surface area contributed by atoms with Crippen LogP contribution in [0.3, 0.4) is 0 Å². The first-order valence-electron chi connectivity index (χ1n) is 7.61. The molecular formula is C17H20FN3O3. The van der Waals surface area contributed by atoms with Crippen LogP contribution in [0, 0.1) is 17.1 Å². The molecule has 24 heavy (non-hydrogen) atoms. The van der Waals surface area contributed by atoms with Gasteiger partial charge in [-0.05, 0) is 18.9 Å². The molecule has 0 fully saturated rings. The normalized spacial score (nSPS) is 10.8. The summed E-state index contributed by atoms with van der Waals surface area (Å²) in [5, 5.41) is 22.8. The number of carboxylic acids is 1. The molecule has 3 N–H and O–H groups in total. The number of hydrogen-bond donors (Lipinski definition) is 3. The summed E-state index contributed by atoms with van der Waals surface area (Å²) in [6.45, 7) is 0.533. The molecule has 1 aromatic rings. The molecule has 0 heterocycles. The number of rotatable bonds is 10. The summed E-state index contributed by atoms with van der Waals surface area (Å²) in [7, 11) is 0. The number of nitriles is 1. The summed E-state index contributed by atoms with van der Waals surface area (Å²) >= 11 is 0. The van der Waals surface area contributed by atoms with E-state index >= 15 is 0 Å². The maximum absolute atomic E-state index is 13.4. The molecule has 0 saturated heterocycles. The highest BCUT2D eigenvalue weighted by atomic mass is 19.1. The molecule has 1 rings (SSSR count). The first kappa shape index (κ1) is 19.2. The zero-order chi connectivity index (χ0) is 17.8. The molecule has 0 bridgehead atoms. The third-order valence-electron chi connectivity index (χ3n) is 3.21. The topological polar surface area (TPSA) is 102 Å². The molecule has 7 heteroatoms.